The molecule has 0 bridgehead atoms. The number of benzene rings is 1. The second-order valence-electron chi connectivity index (χ2n) is 3.95. The SMILES string of the molecule is CCc1ccccc1CNc1cc(N)ccn1. The number of nitrogens with zero attached hydrogens (tertiary/aromatic N) is 1. The summed E-state index contributed by atoms with van der Waals surface area (Å²) >= 11 is 0. The lowest BCUT2D eigenvalue weighted by atomic mass is 10.1. The maximum atomic E-state index is 5.70. The van der Waals surface area contributed by atoms with Crippen LogP contribution in [0.2, 0.25) is 0 Å². The second kappa shape index (κ2) is 5.34. The summed E-state index contributed by atoms with van der Waals surface area (Å²) in [5.41, 5.74) is 9.10. The van der Waals surface area contributed by atoms with Gasteiger partial charge in [0.1, 0.15) is 5.82 Å². The van der Waals surface area contributed by atoms with Crippen LogP contribution in [0.15, 0.2) is 42.6 Å². The van der Waals surface area contributed by atoms with E-state index in [1.54, 1.807) is 12.3 Å². The monoisotopic (exact) mass is 227 g/mol. The normalized spacial score (nSPS) is 10.2. The van der Waals surface area contributed by atoms with Gasteiger partial charge in [-0.1, -0.05) is 31.2 Å². The molecule has 0 atom stereocenters. The van der Waals surface area contributed by atoms with Crippen molar-refractivity contribution in [3.05, 3.63) is 53.7 Å². The van der Waals surface area contributed by atoms with Crippen LogP contribution in [-0.4, -0.2) is 4.98 Å². The molecule has 3 N–H and O–H groups in total. The minimum atomic E-state index is 0.728. The lowest BCUT2D eigenvalue weighted by Gasteiger charge is -2.09. The number of hydrogen-bond acceptors (Lipinski definition) is 3. The molecular weight excluding hydrogens is 210 g/mol. The summed E-state index contributed by atoms with van der Waals surface area (Å²) in [4.78, 5) is 4.22. The van der Waals surface area contributed by atoms with Crippen LogP contribution in [0.5, 0.6) is 0 Å². The van der Waals surface area contributed by atoms with E-state index in [0.717, 1.165) is 24.5 Å². The predicted octanol–water partition coefficient (Wildman–Crippen LogP) is 2.84. The van der Waals surface area contributed by atoms with Gasteiger partial charge in [-0.15, -0.1) is 0 Å². The number of nitrogens with one attached hydrogen (secondary N) is 1. The summed E-state index contributed by atoms with van der Waals surface area (Å²) in [5.74, 6) is 0.816. The minimum Gasteiger partial charge on any atom is -0.399 e. The molecule has 0 spiro atoms. The Balaban J connectivity index is 2.07. The largest absolute Gasteiger partial charge is 0.399 e. The molecule has 2 aromatic rings. The topological polar surface area (TPSA) is 50.9 Å². The molecule has 0 saturated carbocycles. The predicted molar refractivity (Wildman–Crippen MR) is 71.8 cm³/mol. The van der Waals surface area contributed by atoms with Gasteiger partial charge in [-0.25, -0.2) is 4.98 Å². The molecule has 2 rings (SSSR count). The third-order valence-corrected chi connectivity index (χ3v) is 2.74. The van der Waals surface area contributed by atoms with Gasteiger partial charge in [-0.2, -0.15) is 0 Å². The fourth-order valence-corrected chi connectivity index (χ4v) is 1.80. The van der Waals surface area contributed by atoms with Gasteiger partial charge >= 0.3 is 0 Å². The molecular formula is C14H17N3. The molecule has 17 heavy (non-hydrogen) atoms. The van der Waals surface area contributed by atoms with Crippen LogP contribution in [0, 0.1) is 0 Å². The van der Waals surface area contributed by atoms with E-state index >= 15 is 0 Å². The quantitative estimate of drug-likeness (QED) is 0.844. The van der Waals surface area contributed by atoms with Crippen molar-refractivity contribution >= 4 is 11.5 Å². The molecule has 0 aliphatic heterocycles. The average Bonchev–Trinajstić information content (AvgIpc) is 2.37. The minimum absolute atomic E-state index is 0.728. The molecule has 0 fully saturated rings. The maximum absolute atomic E-state index is 5.70. The highest BCUT2D eigenvalue weighted by Crippen LogP contribution is 2.13. The molecule has 1 heterocycles. The maximum Gasteiger partial charge on any atom is 0.128 e. The Morgan fingerprint density at radius 2 is 1.94 bits per heavy atom. The summed E-state index contributed by atoms with van der Waals surface area (Å²) < 4.78 is 0. The van der Waals surface area contributed by atoms with Crippen LogP contribution in [0.25, 0.3) is 0 Å². The molecule has 3 heteroatoms. The van der Waals surface area contributed by atoms with Gasteiger partial charge in [0.25, 0.3) is 0 Å². The summed E-state index contributed by atoms with van der Waals surface area (Å²) in [6, 6.07) is 12.0. The zero-order chi connectivity index (χ0) is 12.1. The number of hydrogen-bond donors (Lipinski definition) is 2. The van der Waals surface area contributed by atoms with Crippen LogP contribution in [0.3, 0.4) is 0 Å². The van der Waals surface area contributed by atoms with Gasteiger partial charge in [0.2, 0.25) is 0 Å². The zero-order valence-corrected chi connectivity index (χ0v) is 9.98. The van der Waals surface area contributed by atoms with E-state index in [-0.39, 0.29) is 0 Å². The number of pyridine rings is 1. The molecule has 0 amide bonds. The van der Waals surface area contributed by atoms with E-state index in [9.17, 15) is 0 Å². The van der Waals surface area contributed by atoms with Crippen molar-refractivity contribution in [1.29, 1.82) is 0 Å². The summed E-state index contributed by atoms with van der Waals surface area (Å²) in [7, 11) is 0. The average molecular weight is 227 g/mol. The first-order chi connectivity index (χ1) is 8.29. The Bertz CT molecular complexity index is 494. The van der Waals surface area contributed by atoms with E-state index in [1.807, 2.05) is 6.07 Å². The first-order valence-electron chi connectivity index (χ1n) is 5.81. The lowest BCUT2D eigenvalue weighted by molar-refractivity contribution is 1.03. The molecule has 0 radical (unpaired) electrons. The van der Waals surface area contributed by atoms with Crippen molar-refractivity contribution in [3.63, 3.8) is 0 Å². The summed E-state index contributed by atoms with van der Waals surface area (Å²) in [6.45, 7) is 2.94. The second-order valence-corrected chi connectivity index (χ2v) is 3.95. The number of anilines is 2. The van der Waals surface area contributed by atoms with Crippen molar-refractivity contribution in [2.45, 2.75) is 19.9 Å². The van der Waals surface area contributed by atoms with Gasteiger partial charge < -0.3 is 11.1 Å². The number of rotatable bonds is 4. The van der Waals surface area contributed by atoms with Crippen molar-refractivity contribution in [3.8, 4) is 0 Å². The lowest BCUT2D eigenvalue weighted by Crippen LogP contribution is -2.04. The summed E-state index contributed by atoms with van der Waals surface area (Å²) in [6.07, 6.45) is 2.76. The standard InChI is InChI=1S/C14H17N3/c1-2-11-5-3-4-6-12(11)10-17-14-9-13(15)7-8-16-14/h3-9H,2,10H2,1H3,(H3,15,16,17). The molecule has 1 aromatic carbocycles. The Hall–Kier alpha value is -2.03. The van der Waals surface area contributed by atoms with E-state index in [0.29, 0.717) is 0 Å². The molecule has 1 aromatic heterocycles. The highest BCUT2D eigenvalue weighted by molar-refractivity contribution is 5.48. The van der Waals surface area contributed by atoms with Crippen molar-refractivity contribution in [2.75, 3.05) is 11.1 Å². The third kappa shape index (κ3) is 2.97. The van der Waals surface area contributed by atoms with Gasteiger partial charge in [-0.05, 0) is 23.6 Å². The summed E-state index contributed by atoms with van der Waals surface area (Å²) in [5, 5.41) is 3.29. The molecule has 88 valence electrons. The van der Waals surface area contributed by atoms with Gasteiger partial charge in [0.15, 0.2) is 0 Å². The Morgan fingerprint density at radius 3 is 2.65 bits per heavy atom. The van der Waals surface area contributed by atoms with Gasteiger partial charge in [0, 0.05) is 24.5 Å². The molecule has 0 unspecified atom stereocenters. The number of aromatic nitrogens is 1. The smallest absolute Gasteiger partial charge is 0.128 e. The van der Waals surface area contributed by atoms with Crippen LogP contribution >= 0.6 is 0 Å². The van der Waals surface area contributed by atoms with E-state index < -0.39 is 0 Å². The molecule has 0 saturated heterocycles. The first kappa shape index (κ1) is 11.5. The van der Waals surface area contributed by atoms with Crippen molar-refractivity contribution in [1.82, 2.24) is 4.98 Å². The van der Waals surface area contributed by atoms with Gasteiger partial charge in [0.05, 0.1) is 0 Å². The fraction of sp³-hybridized carbons (Fsp3) is 0.214. The fourth-order valence-electron chi connectivity index (χ4n) is 1.80. The van der Waals surface area contributed by atoms with Gasteiger partial charge in [-0.3, -0.25) is 0 Å². The number of aryl methyl sites for hydroxylation is 1. The van der Waals surface area contributed by atoms with Crippen molar-refractivity contribution < 1.29 is 0 Å². The van der Waals surface area contributed by atoms with Crippen molar-refractivity contribution in [2.24, 2.45) is 0 Å². The van der Waals surface area contributed by atoms with E-state index in [4.69, 9.17) is 5.73 Å². The highest BCUT2D eigenvalue weighted by atomic mass is 15.0. The zero-order valence-electron chi connectivity index (χ0n) is 9.98. The Kier molecular flexibility index (Phi) is 3.60. The van der Waals surface area contributed by atoms with E-state index in [1.165, 1.54) is 11.1 Å². The highest BCUT2D eigenvalue weighted by Gasteiger charge is 2.00. The van der Waals surface area contributed by atoms with Crippen LogP contribution < -0.4 is 11.1 Å². The van der Waals surface area contributed by atoms with Crippen LogP contribution in [-0.2, 0) is 13.0 Å². The van der Waals surface area contributed by atoms with Crippen LogP contribution in [0.4, 0.5) is 11.5 Å². The molecule has 3 nitrogen and oxygen atoms in total. The Morgan fingerprint density at radius 1 is 1.18 bits per heavy atom. The third-order valence-electron chi connectivity index (χ3n) is 2.74. The molecule has 0 aliphatic carbocycles. The Labute approximate surface area is 102 Å². The first-order valence-corrected chi connectivity index (χ1v) is 5.81. The number of nitrogen functional groups attached to an aromatic ring is 1. The van der Waals surface area contributed by atoms with E-state index in [2.05, 4.69) is 41.5 Å². The van der Waals surface area contributed by atoms with Crippen LogP contribution in [0.1, 0.15) is 18.1 Å². The number of nitrogens with two attached hydrogens (primary N) is 1. The molecule has 0 aliphatic rings.